The molecule has 0 amide bonds. The van der Waals surface area contributed by atoms with E-state index in [2.05, 4.69) is 0 Å². The molecule has 0 radical (unpaired) electrons. The van der Waals surface area contributed by atoms with E-state index in [9.17, 15) is 10.4 Å². The highest BCUT2D eigenvalue weighted by atomic mass is 16.8. The Kier molecular flexibility index (Phi) is 2.71. The smallest absolute Gasteiger partial charge is 0.228 e. The highest BCUT2D eigenvalue weighted by molar-refractivity contribution is 5.50. The zero-order valence-electron chi connectivity index (χ0n) is 6.02. The van der Waals surface area contributed by atoms with E-state index in [-0.39, 0.29) is 11.4 Å². The topological polar surface area (TPSA) is 95.5 Å². The molecular weight excluding hydrogens is 164 g/mol. The lowest BCUT2D eigenvalue weighted by atomic mass is 10.3. The van der Waals surface area contributed by atoms with Crippen LogP contribution in [0.2, 0.25) is 0 Å². The van der Waals surface area contributed by atoms with Crippen LogP contribution in [0.5, 0.6) is 0 Å². The molecule has 0 fully saturated rings. The third-order valence-electron chi connectivity index (χ3n) is 1.39. The molecule has 0 aliphatic heterocycles. The lowest BCUT2D eigenvalue weighted by Crippen LogP contribution is -3.04. The van der Waals surface area contributed by atoms with Crippen molar-refractivity contribution in [2.45, 2.75) is 0 Å². The first-order valence-corrected chi connectivity index (χ1v) is 3.18. The average molecular weight is 172 g/mol. The zero-order valence-corrected chi connectivity index (χ0v) is 6.02. The molecule has 0 saturated carbocycles. The van der Waals surface area contributed by atoms with Crippen LogP contribution in [0.4, 0.5) is 11.4 Å². The van der Waals surface area contributed by atoms with Crippen molar-refractivity contribution < 1.29 is 20.9 Å². The minimum absolute atomic E-state index is 0.190. The summed E-state index contributed by atoms with van der Waals surface area (Å²) >= 11 is 0. The first kappa shape index (κ1) is 9.07. The Labute approximate surface area is 67.9 Å². The third-order valence-corrected chi connectivity index (χ3v) is 1.39. The van der Waals surface area contributed by atoms with Crippen molar-refractivity contribution in [3.05, 3.63) is 34.7 Å². The summed E-state index contributed by atoms with van der Waals surface area (Å²) in [5.41, 5.74) is -0.380. The molecule has 1 aromatic carbocycles. The van der Waals surface area contributed by atoms with E-state index in [1.807, 2.05) is 0 Å². The quantitative estimate of drug-likeness (QED) is 0.408. The van der Waals surface area contributed by atoms with Crippen LogP contribution < -0.4 is 10.5 Å². The fraction of sp³-hybridized carbons (Fsp3) is 0. The Hall–Kier alpha value is -1.02. The van der Waals surface area contributed by atoms with Crippen molar-refractivity contribution in [3.63, 3.8) is 0 Å². The van der Waals surface area contributed by atoms with E-state index in [1.165, 1.54) is 24.3 Å². The molecule has 0 heterocycles. The lowest BCUT2D eigenvalue weighted by Gasteiger charge is -2.17. The molecule has 0 aliphatic carbocycles. The van der Waals surface area contributed by atoms with Crippen molar-refractivity contribution in [1.82, 2.24) is 0 Å². The van der Waals surface area contributed by atoms with E-state index in [0.29, 0.717) is 0 Å². The van der Waals surface area contributed by atoms with E-state index in [4.69, 9.17) is 10.4 Å². The first-order chi connectivity index (χ1) is 5.63. The van der Waals surface area contributed by atoms with Gasteiger partial charge in [-0.1, -0.05) is 12.1 Å². The molecule has 0 aliphatic rings. The van der Waals surface area contributed by atoms with Gasteiger partial charge in [-0.15, -0.1) is 0 Å². The van der Waals surface area contributed by atoms with Crippen molar-refractivity contribution in [3.8, 4) is 0 Å². The normalized spacial score (nSPS) is 15.7. The molecule has 0 saturated heterocycles. The second-order valence-electron chi connectivity index (χ2n) is 2.16. The second kappa shape index (κ2) is 3.59. The Bertz CT molecular complexity index is 236. The van der Waals surface area contributed by atoms with Gasteiger partial charge in [0.25, 0.3) is 0 Å². The third kappa shape index (κ3) is 1.77. The highest BCUT2D eigenvalue weighted by Crippen LogP contribution is 2.10. The summed E-state index contributed by atoms with van der Waals surface area (Å²) in [6.07, 6.45) is 0. The van der Waals surface area contributed by atoms with E-state index >= 15 is 0 Å². The number of quaternary nitrogens is 2. The van der Waals surface area contributed by atoms with Gasteiger partial charge in [-0.3, -0.25) is 0 Å². The standard InChI is InChI=1S/C6H8N2O4/c9-7(10)5-3-1-2-4-6(5)8(11)12/h1-4,7-9,11H. The van der Waals surface area contributed by atoms with Crippen LogP contribution in [0.1, 0.15) is 0 Å². The number of nitrogens with one attached hydrogen (secondary N) is 2. The van der Waals surface area contributed by atoms with Crippen LogP contribution in [-0.4, -0.2) is 10.4 Å². The molecule has 6 heteroatoms. The number of para-hydroxylation sites is 2. The molecular formula is C6H8N2O4. The van der Waals surface area contributed by atoms with Gasteiger partial charge in [0, 0.05) is 12.1 Å². The molecule has 1 rings (SSSR count). The minimum Gasteiger partial charge on any atom is -0.595 e. The first-order valence-electron chi connectivity index (χ1n) is 3.18. The maximum Gasteiger partial charge on any atom is 0.228 e. The van der Waals surface area contributed by atoms with E-state index in [0.717, 1.165) is 0 Å². The van der Waals surface area contributed by atoms with Crippen LogP contribution in [0, 0.1) is 10.4 Å². The number of hydrogen-bond donors (Lipinski definition) is 4. The van der Waals surface area contributed by atoms with Crippen molar-refractivity contribution in [2.24, 2.45) is 0 Å². The summed E-state index contributed by atoms with van der Waals surface area (Å²) in [5.74, 6) is 0. The van der Waals surface area contributed by atoms with Gasteiger partial charge >= 0.3 is 0 Å². The maximum atomic E-state index is 10.5. The van der Waals surface area contributed by atoms with Crippen molar-refractivity contribution in [1.29, 1.82) is 0 Å². The van der Waals surface area contributed by atoms with Crippen LogP contribution in [0.3, 0.4) is 0 Å². The SMILES string of the molecule is [O-][NH+](O)c1ccccc1[NH+]([O-])O. The molecule has 0 aromatic heterocycles. The molecule has 6 nitrogen and oxygen atoms in total. The maximum absolute atomic E-state index is 10.5. The predicted molar refractivity (Wildman–Crippen MR) is 38.0 cm³/mol. The van der Waals surface area contributed by atoms with Gasteiger partial charge < -0.3 is 10.4 Å². The zero-order chi connectivity index (χ0) is 9.14. The molecule has 0 bridgehead atoms. The summed E-state index contributed by atoms with van der Waals surface area (Å²) in [5, 5.41) is 35.6. The van der Waals surface area contributed by atoms with Crippen LogP contribution in [-0.2, 0) is 0 Å². The van der Waals surface area contributed by atoms with Gasteiger partial charge in [0.1, 0.15) is 0 Å². The molecule has 1 aromatic rings. The molecule has 0 spiro atoms. The highest BCUT2D eigenvalue weighted by Gasteiger charge is 2.12. The number of rotatable bonds is 2. The fourth-order valence-corrected chi connectivity index (χ4v) is 0.856. The molecule has 12 heavy (non-hydrogen) atoms. The summed E-state index contributed by atoms with van der Waals surface area (Å²) in [6.45, 7) is 0. The average Bonchev–Trinajstić information content (AvgIpc) is 2.04. The van der Waals surface area contributed by atoms with Crippen molar-refractivity contribution in [2.75, 3.05) is 0 Å². The van der Waals surface area contributed by atoms with Gasteiger partial charge in [-0.25, -0.2) is 10.4 Å². The largest absolute Gasteiger partial charge is 0.595 e. The number of hydrogen-bond acceptors (Lipinski definition) is 4. The molecule has 2 unspecified atom stereocenters. The summed E-state index contributed by atoms with van der Waals surface area (Å²) < 4.78 is 0. The van der Waals surface area contributed by atoms with Gasteiger partial charge in [-0.05, 0) is 0 Å². The second-order valence-corrected chi connectivity index (χ2v) is 2.16. The summed E-state index contributed by atoms with van der Waals surface area (Å²) in [7, 11) is 0. The summed E-state index contributed by atoms with van der Waals surface area (Å²) in [4.78, 5) is 0. The van der Waals surface area contributed by atoms with Gasteiger partial charge in [0.15, 0.2) is 0 Å². The lowest BCUT2D eigenvalue weighted by molar-refractivity contribution is -1.01. The van der Waals surface area contributed by atoms with E-state index < -0.39 is 10.5 Å². The van der Waals surface area contributed by atoms with Gasteiger partial charge in [0.05, 0.1) is 0 Å². The van der Waals surface area contributed by atoms with Gasteiger partial charge in [-0.2, -0.15) is 10.5 Å². The molecule has 2 atom stereocenters. The van der Waals surface area contributed by atoms with Gasteiger partial charge in [0.2, 0.25) is 11.4 Å². The number of benzene rings is 1. The Balaban J connectivity index is 3.09. The Morgan fingerprint density at radius 2 is 1.25 bits per heavy atom. The van der Waals surface area contributed by atoms with Crippen LogP contribution >= 0.6 is 0 Å². The van der Waals surface area contributed by atoms with E-state index in [1.54, 1.807) is 0 Å². The van der Waals surface area contributed by atoms with Crippen LogP contribution in [0.25, 0.3) is 0 Å². The summed E-state index contributed by atoms with van der Waals surface area (Å²) in [6, 6.07) is 5.48. The predicted octanol–water partition coefficient (Wildman–Crippen LogP) is -1.51. The minimum atomic E-state index is -1.23. The fourth-order valence-electron chi connectivity index (χ4n) is 0.856. The van der Waals surface area contributed by atoms with Crippen LogP contribution in [0.15, 0.2) is 24.3 Å². The Morgan fingerprint density at radius 1 is 0.917 bits per heavy atom. The Morgan fingerprint density at radius 3 is 1.50 bits per heavy atom. The van der Waals surface area contributed by atoms with Crippen molar-refractivity contribution >= 4 is 11.4 Å². The molecule has 66 valence electrons. The monoisotopic (exact) mass is 172 g/mol. The molecule has 4 N–H and O–H groups in total.